The highest BCUT2D eigenvalue weighted by Crippen LogP contribution is 2.06. The smallest absolute Gasteiger partial charge is 0.118 e. The van der Waals surface area contributed by atoms with E-state index in [2.05, 4.69) is 6.58 Å². The molecule has 0 bridgehead atoms. The molecule has 9 atom stereocenters. The molecule has 0 rings (SSSR count). The fraction of sp³-hybridized carbons (Fsp3) is 0.931. The average molecular weight is 567 g/mol. The van der Waals surface area contributed by atoms with Crippen molar-refractivity contribution >= 4 is 0 Å². The predicted octanol–water partition coefficient (Wildman–Crippen LogP) is 3.77. The summed E-state index contributed by atoms with van der Waals surface area (Å²) in [5, 5.41) is 9.00. The molecule has 0 aromatic carbocycles. The number of aliphatic hydroxyl groups is 1. The van der Waals surface area contributed by atoms with Crippen LogP contribution in [0.4, 0.5) is 0 Å². The molecule has 10 heteroatoms. The third-order valence-electron chi connectivity index (χ3n) is 5.51. The molecular weight excluding hydrogens is 508 g/mol. The van der Waals surface area contributed by atoms with Gasteiger partial charge in [0.15, 0.2) is 0 Å². The first-order valence-corrected chi connectivity index (χ1v) is 14.3. The van der Waals surface area contributed by atoms with E-state index in [0.717, 1.165) is 0 Å². The van der Waals surface area contributed by atoms with Crippen molar-refractivity contribution in [3.05, 3.63) is 12.8 Å². The van der Waals surface area contributed by atoms with Crippen molar-refractivity contribution in [2.24, 2.45) is 0 Å². The third kappa shape index (κ3) is 23.6. The van der Waals surface area contributed by atoms with Crippen LogP contribution in [0.2, 0.25) is 0 Å². The Morgan fingerprint density at radius 1 is 0.410 bits per heavy atom. The molecule has 0 aliphatic heterocycles. The van der Waals surface area contributed by atoms with E-state index in [1.165, 1.54) is 6.26 Å². The van der Waals surface area contributed by atoms with Gasteiger partial charge in [-0.2, -0.15) is 0 Å². The fourth-order valence-corrected chi connectivity index (χ4v) is 2.99. The summed E-state index contributed by atoms with van der Waals surface area (Å²) in [6, 6.07) is 0. The number of aliphatic hydroxyl groups excluding tert-OH is 1. The number of hydrogen-bond donors (Lipinski definition) is 1. The Labute approximate surface area is 237 Å². The second kappa shape index (κ2) is 23.8. The van der Waals surface area contributed by atoms with Crippen LogP contribution in [0.15, 0.2) is 12.8 Å². The molecule has 0 amide bonds. The molecule has 0 aromatic rings. The van der Waals surface area contributed by atoms with Gasteiger partial charge in [-0.1, -0.05) is 6.58 Å². The van der Waals surface area contributed by atoms with Gasteiger partial charge in [0.1, 0.15) is 6.10 Å². The van der Waals surface area contributed by atoms with E-state index in [-0.39, 0.29) is 61.5 Å². The fourth-order valence-electron chi connectivity index (χ4n) is 2.99. The van der Waals surface area contributed by atoms with Crippen molar-refractivity contribution in [1.82, 2.24) is 0 Å². The van der Waals surface area contributed by atoms with Gasteiger partial charge < -0.3 is 47.7 Å². The first-order valence-electron chi connectivity index (χ1n) is 14.3. The number of ether oxygens (including phenoxy) is 9. The molecule has 1 N–H and O–H groups in total. The number of rotatable bonds is 27. The van der Waals surface area contributed by atoms with Crippen molar-refractivity contribution in [2.45, 2.75) is 117 Å². The van der Waals surface area contributed by atoms with Gasteiger partial charge >= 0.3 is 0 Å². The van der Waals surface area contributed by atoms with E-state index < -0.39 is 0 Å². The zero-order valence-corrected chi connectivity index (χ0v) is 26.0. The van der Waals surface area contributed by atoms with E-state index in [0.29, 0.717) is 52.9 Å². The highest BCUT2D eigenvalue weighted by molar-refractivity contribution is 4.61. The van der Waals surface area contributed by atoms with Gasteiger partial charge in [-0.05, 0) is 62.3 Å². The average Bonchev–Trinajstić information content (AvgIpc) is 2.91. The van der Waals surface area contributed by atoms with Gasteiger partial charge in [0, 0.05) is 0 Å². The Hall–Kier alpha value is -0.820. The van der Waals surface area contributed by atoms with Crippen LogP contribution < -0.4 is 0 Å². The molecule has 0 aromatic heterocycles. The van der Waals surface area contributed by atoms with Gasteiger partial charge in [-0.15, -0.1) is 0 Å². The van der Waals surface area contributed by atoms with Crippen molar-refractivity contribution in [3.63, 3.8) is 0 Å². The minimum absolute atomic E-state index is 0.000414. The molecule has 234 valence electrons. The maximum atomic E-state index is 9.00. The first kappa shape index (κ1) is 38.2. The molecule has 0 aliphatic carbocycles. The normalized spacial score (nSPS) is 18.9. The second-order valence-electron chi connectivity index (χ2n) is 10.4. The van der Waals surface area contributed by atoms with Crippen LogP contribution in [-0.4, -0.2) is 120 Å². The minimum Gasteiger partial charge on any atom is -0.497 e. The Morgan fingerprint density at radius 2 is 0.615 bits per heavy atom. The Balaban J connectivity index is 3.87. The van der Waals surface area contributed by atoms with Crippen LogP contribution in [0, 0.1) is 0 Å². The molecule has 10 nitrogen and oxygen atoms in total. The summed E-state index contributed by atoms with van der Waals surface area (Å²) in [5.74, 6) is 0. The lowest BCUT2D eigenvalue weighted by molar-refractivity contribution is -0.110. The summed E-state index contributed by atoms with van der Waals surface area (Å²) in [6.07, 6.45) is 0.769. The topological polar surface area (TPSA) is 103 Å². The molecule has 0 saturated carbocycles. The van der Waals surface area contributed by atoms with Crippen LogP contribution in [-0.2, 0) is 42.6 Å². The standard InChI is InChI=1S/C29H58O10/c1-11-31-22(3)13-33-24(5)15-35-26(7)17-37-28(9)19-39-29(10)20-38-27(8)18-36-25(6)16-34-23(4)14-32-21(2)12-30/h11,21-30H,1,12-20H2,2-10H3. The number of hydrogen-bond acceptors (Lipinski definition) is 10. The van der Waals surface area contributed by atoms with E-state index in [1.54, 1.807) is 0 Å². The van der Waals surface area contributed by atoms with E-state index in [9.17, 15) is 0 Å². The summed E-state index contributed by atoms with van der Waals surface area (Å²) < 4.78 is 51.4. The maximum Gasteiger partial charge on any atom is 0.118 e. The van der Waals surface area contributed by atoms with Crippen molar-refractivity contribution < 1.29 is 47.7 Å². The van der Waals surface area contributed by atoms with Crippen LogP contribution in [0.1, 0.15) is 62.3 Å². The molecule has 0 saturated heterocycles. The van der Waals surface area contributed by atoms with Crippen LogP contribution >= 0.6 is 0 Å². The summed E-state index contributed by atoms with van der Waals surface area (Å²) in [4.78, 5) is 0. The Morgan fingerprint density at radius 3 is 0.821 bits per heavy atom. The predicted molar refractivity (Wildman–Crippen MR) is 151 cm³/mol. The molecule has 0 heterocycles. The first-order chi connectivity index (χ1) is 18.5. The molecular formula is C29H58O10. The molecule has 9 unspecified atom stereocenters. The van der Waals surface area contributed by atoms with E-state index in [1.807, 2.05) is 62.3 Å². The quantitative estimate of drug-likeness (QED) is 0.148. The van der Waals surface area contributed by atoms with Gasteiger partial charge in [-0.3, -0.25) is 0 Å². The highest BCUT2D eigenvalue weighted by Gasteiger charge is 2.15. The zero-order valence-electron chi connectivity index (χ0n) is 26.0. The van der Waals surface area contributed by atoms with Crippen LogP contribution in [0.3, 0.4) is 0 Å². The van der Waals surface area contributed by atoms with Gasteiger partial charge in [0.2, 0.25) is 0 Å². The molecule has 39 heavy (non-hydrogen) atoms. The van der Waals surface area contributed by atoms with Crippen LogP contribution in [0.5, 0.6) is 0 Å². The highest BCUT2D eigenvalue weighted by atomic mass is 16.6. The van der Waals surface area contributed by atoms with Crippen molar-refractivity contribution in [1.29, 1.82) is 0 Å². The Kier molecular flexibility index (Phi) is 23.3. The van der Waals surface area contributed by atoms with Crippen molar-refractivity contribution in [2.75, 3.05) is 59.5 Å². The van der Waals surface area contributed by atoms with E-state index >= 15 is 0 Å². The van der Waals surface area contributed by atoms with E-state index in [4.69, 9.17) is 47.7 Å². The summed E-state index contributed by atoms with van der Waals surface area (Å²) >= 11 is 0. The van der Waals surface area contributed by atoms with Gasteiger partial charge in [0.25, 0.3) is 0 Å². The zero-order chi connectivity index (χ0) is 29.6. The molecule has 0 aliphatic rings. The third-order valence-corrected chi connectivity index (χ3v) is 5.51. The maximum absolute atomic E-state index is 9.00. The van der Waals surface area contributed by atoms with Gasteiger partial charge in [0.05, 0.1) is 115 Å². The van der Waals surface area contributed by atoms with Crippen molar-refractivity contribution in [3.8, 4) is 0 Å². The Bertz CT molecular complexity index is 566. The monoisotopic (exact) mass is 566 g/mol. The summed E-state index contributed by atoms with van der Waals surface area (Å²) in [6.45, 7) is 24.8. The van der Waals surface area contributed by atoms with Crippen LogP contribution in [0.25, 0.3) is 0 Å². The summed E-state index contributed by atoms with van der Waals surface area (Å²) in [7, 11) is 0. The SMILES string of the molecule is C=COC(C)COC(C)COC(C)COC(C)COC(C)COC(C)COC(C)COC(C)COC(C)CO. The lowest BCUT2D eigenvalue weighted by Gasteiger charge is -2.23. The lowest BCUT2D eigenvalue weighted by atomic mass is 10.3. The lowest BCUT2D eigenvalue weighted by Crippen LogP contribution is -2.30. The molecule has 0 radical (unpaired) electrons. The largest absolute Gasteiger partial charge is 0.497 e. The second-order valence-corrected chi connectivity index (χ2v) is 10.4. The molecule has 0 fully saturated rings. The van der Waals surface area contributed by atoms with Gasteiger partial charge in [-0.25, -0.2) is 0 Å². The minimum atomic E-state index is -0.188. The molecule has 0 spiro atoms. The summed E-state index contributed by atoms with van der Waals surface area (Å²) in [5.41, 5.74) is 0.